The molecule has 0 fully saturated rings. The Labute approximate surface area is 115 Å². The van der Waals surface area contributed by atoms with Gasteiger partial charge < -0.3 is 10.2 Å². The van der Waals surface area contributed by atoms with Crippen molar-refractivity contribution >= 4 is 14.0 Å². The van der Waals surface area contributed by atoms with Crippen LogP contribution in [-0.4, -0.2) is 13.2 Å². The molecule has 0 radical (unpaired) electrons. The minimum absolute atomic E-state index is 0.0445. The molecule has 0 aliphatic heterocycles. The van der Waals surface area contributed by atoms with Crippen molar-refractivity contribution in [2.45, 2.75) is 45.4 Å². The highest BCUT2D eigenvalue weighted by molar-refractivity contribution is 6.74. The van der Waals surface area contributed by atoms with E-state index in [9.17, 15) is 10.1 Å². The van der Waals surface area contributed by atoms with Crippen LogP contribution in [0.4, 0.5) is 5.69 Å². The standard InChI is InChI=1S/C13H22N2O3Si/c1-13(2,3)19(4,5)18-12-7-6-11(15(16)17)8-10(12)9-14/h6-8H,9,14H2,1-5H3. The van der Waals surface area contributed by atoms with Crippen LogP contribution in [0.15, 0.2) is 18.2 Å². The number of benzene rings is 1. The van der Waals surface area contributed by atoms with Gasteiger partial charge in [-0.25, -0.2) is 0 Å². The van der Waals surface area contributed by atoms with Crippen molar-refractivity contribution < 1.29 is 9.35 Å². The van der Waals surface area contributed by atoms with Crippen molar-refractivity contribution in [1.29, 1.82) is 0 Å². The van der Waals surface area contributed by atoms with Gasteiger partial charge in [-0.15, -0.1) is 0 Å². The third-order valence-corrected chi connectivity index (χ3v) is 7.99. The van der Waals surface area contributed by atoms with E-state index in [1.165, 1.54) is 12.1 Å². The summed E-state index contributed by atoms with van der Waals surface area (Å²) in [5.41, 5.74) is 6.38. The number of nitrogens with zero attached hydrogens (tertiary/aromatic N) is 1. The first-order chi connectivity index (χ1) is 8.58. The largest absolute Gasteiger partial charge is 0.543 e. The Balaban J connectivity index is 3.12. The van der Waals surface area contributed by atoms with Gasteiger partial charge in [0.05, 0.1) is 4.92 Å². The molecule has 0 heterocycles. The first-order valence-electron chi connectivity index (χ1n) is 6.25. The number of nitrogens with two attached hydrogens (primary N) is 1. The van der Waals surface area contributed by atoms with E-state index in [4.69, 9.17) is 10.2 Å². The highest BCUT2D eigenvalue weighted by Crippen LogP contribution is 2.38. The second-order valence-corrected chi connectivity index (χ2v) is 10.8. The Bertz CT molecular complexity index is 481. The summed E-state index contributed by atoms with van der Waals surface area (Å²) < 4.78 is 6.16. The Kier molecular flexibility index (Phi) is 4.37. The van der Waals surface area contributed by atoms with E-state index in [0.717, 1.165) is 0 Å². The van der Waals surface area contributed by atoms with Gasteiger partial charge in [0, 0.05) is 24.2 Å². The van der Waals surface area contributed by atoms with E-state index in [2.05, 4.69) is 33.9 Å². The van der Waals surface area contributed by atoms with E-state index in [-0.39, 0.29) is 17.3 Å². The molecule has 1 rings (SSSR count). The molecule has 0 aliphatic rings. The molecule has 0 amide bonds. The Morgan fingerprint density at radius 2 is 1.95 bits per heavy atom. The molecule has 0 bridgehead atoms. The molecule has 0 aromatic heterocycles. The van der Waals surface area contributed by atoms with Crippen LogP contribution >= 0.6 is 0 Å². The molecule has 0 saturated heterocycles. The Morgan fingerprint density at radius 1 is 1.37 bits per heavy atom. The van der Waals surface area contributed by atoms with Gasteiger partial charge in [0.15, 0.2) is 0 Å². The number of rotatable bonds is 4. The zero-order chi connectivity index (χ0) is 14.8. The van der Waals surface area contributed by atoms with Crippen molar-refractivity contribution in [2.24, 2.45) is 5.73 Å². The van der Waals surface area contributed by atoms with Crippen molar-refractivity contribution in [2.75, 3.05) is 0 Å². The zero-order valence-electron chi connectivity index (χ0n) is 12.2. The van der Waals surface area contributed by atoms with Crippen LogP contribution in [0.25, 0.3) is 0 Å². The zero-order valence-corrected chi connectivity index (χ0v) is 13.2. The number of non-ortho nitro benzene ring substituents is 1. The maximum Gasteiger partial charge on any atom is 0.270 e. The quantitative estimate of drug-likeness (QED) is 0.521. The highest BCUT2D eigenvalue weighted by atomic mass is 28.4. The summed E-state index contributed by atoms with van der Waals surface area (Å²) in [6.45, 7) is 10.9. The number of nitro benzene ring substituents is 1. The van der Waals surface area contributed by atoms with E-state index in [1.54, 1.807) is 6.07 Å². The molecular formula is C13H22N2O3Si. The van der Waals surface area contributed by atoms with E-state index in [0.29, 0.717) is 11.3 Å². The van der Waals surface area contributed by atoms with Crippen LogP contribution < -0.4 is 10.2 Å². The summed E-state index contributed by atoms with van der Waals surface area (Å²) in [4.78, 5) is 10.3. The van der Waals surface area contributed by atoms with Crippen LogP contribution in [0.2, 0.25) is 18.1 Å². The molecule has 5 nitrogen and oxygen atoms in total. The summed E-state index contributed by atoms with van der Waals surface area (Å²) in [6, 6.07) is 4.60. The van der Waals surface area contributed by atoms with Crippen LogP contribution in [-0.2, 0) is 6.54 Å². The lowest BCUT2D eigenvalue weighted by Crippen LogP contribution is -2.44. The molecule has 0 aliphatic carbocycles. The second-order valence-electron chi connectivity index (χ2n) is 6.12. The molecule has 1 aromatic rings. The Morgan fingerprint density at radius 3 is 2.37 bits per heavy atom. The molecule has 0 unspecified atom stereocenters. The summed E-state index contributed by atoms with van der Waals surface area (Å²) in [6.07, 6.45) is 0. The van der Waals surface area contributed by atoms with Gasteiger partial charge >= 0.3 is 0 Å². The van der Waals surface area contributed by atoms with E-state index >= 15 is 0 Å². The lowest BCUT2D eigenvalue weighted by atomic mass is 10.2. The fourth-order valence-electron chi connectivity index (χ4n) is 1.37. The van der Waals surface area contributed by atoms with Crippen molar-refractivity contribution in [3.8, 4) is 5.75 Å². The molecule has 106 valence electrons. The van der Waals surface area contributed by atoms with Gasteiger partial charge in [-0.2, -0.15) is 0 Å². The van der Waals surface area contributed by atoms with Gasteiger partial charge in [-0.3, -0.25) is 10.1 Å². The number of nitro groups is 1. The van der Waals surface area contributed by atoms with Gasteiger partial charge in [0.1, 0.15) is 5.75 Å². The average molecular weight is 282 g/mol. The average Bonchev–Trinajstić information content (AvgIpc) is 2.27. The lowest BCUT2D eigenvalue weighted by molar-refractivity contribution is -0.384. The fraction of sp³-hybridized carbons (Fsp3) is 0.538. The molecular weight excluding hydrogens is 260 g/mol. The summed E-state index contributed by atoms with van der Waals surface area (Å²) >= 11 is 0. The third-order valence-electron chi connectivity index (χ3n) is 3.65. The summed E-state index contributed by atoms with van der Waals surface area (Å²) in [5, 5.41) is 10.8. The molecule has 0 atom stereocenters. The van der Waals surface area contributed by atoms with Gasteiger partial charge in [0.2, 0.25) is 8.32 Å². The SMILES string of the molecule is CC(C)(C)[Si](C)(C)Oc1ccc([N+](=O)[O-])cc1CN. The molecule has 0 spiro atoms. The first-order valence-corrected chi connectivity index (χ1v) is 9.16. The van der Waals surface area contributed by atoms with Gasteiger partial charge in [-0.05, 0) is 24.2 Å². The smallest absolute Gasteiger partial charge is 0.270 e. The summed E-state index contributed by atoms with van der Waals surface area (Å²) in [7, 11) is -1.96. The van der Waals surface area contributed by atoms with E-state index in [1.807, 2.05) is 0 Å². The van der Waals surface area contributed by atoms with Crippen LogP contribution in [0, 0.1) is 10.1 Å². The molecule has 2 N–H and O–H groups in total. The molecule has 6 heteroatoms. The van der Waals surface area contributed by atoms with Gasteiger partial charge in [0.25, 0.3) is 5.69 Å². The van der Waals surface area contributed by atoms with Crippen molar-refractivity contribution in [3.63, 3.8) is 0 Å². The Hall–Kier alpha value is -1.40. The lowest BCUT2D eigenvalue weighted by Gasteiger charge is -2.37. The first kappa shape index (κ1) is 15.7. The normalized spacial score (nSPS) is 12.3. The fourth-order valence-corrected chi connectivity index (χ4v) is 2.42. The van der Waals surface area contributed by atoms with Crippen LogP contribution in [0.3, 0.4) is 0 Å². The maximum atomic E-state index is 10.8. The van der Waals surface area contributed by atoms with Crippen LogP contribution in [0.5, 0.6) is 5.75 Å². The maximum absolute atomic E-state index is 10.8. The molecule has 0 saturated carbocycles. The predicted molar refractivity (Wildman–Crippen MR) is 78.8 cm³/mol. The molecule has 19 heavy (non-hydrogen) atoms. The van der Waals surface area contributed by atoms with E-state index < -0.39 is 13.2 Å². The highest BCUT2D eigenvalue weighted by Gasteiger charge is 2.39. The topological polar surface area (TPSA) is 78.4 Å². The predicted octanol–water partition coefficient (Wildman–Crippen LogP) is 3.44. The van der Waals surface area contributed by atoms with Gasteiger partial charge in [-0.1, -0.05) is 20.8 Å². The van der Waals surface area contributed by atoms with Crippen LogP contribution in [0.1, 0.15) is 26.3 Å². The van der Waals surface area contributed by atoms with Crippen molar-refractivity contribution in [1.82, 2.24) is 0 Å². The monoisotopic (exact) mass is 282 g/mol. The number of hydrogen-bond donors (Lipinski definition) is 1. The minimum Gasteiger partial charge on any atom is -0.543 e. The second kappa shape index (κ2) is 5.30. The third kappa shape index (κ3) is 3.54. The number of hydrogen-bond acceptors (Lipinski definition) is 4. The molecule has 1 aromatic carbocycles. The minimum atomic E-state index is -1.96. The van der Waals surface area contributed by atoms with Crippen molar-refractivity contribution in [3.05, 3.63) is 33.9 Å². The summed E-state index contributed by atoms with van der Waals surface area (Å²) in [5.74, 6) is 0.666.